The van der Waals surface area contributed by atoms with E-state index in [4.69, 9.17) is 5.11 Å². The lowest BCUT2D eigenvalue weighted by molar-refractivity contribution is -0.170. The zero-order chi connectivity index (χ0) is 21.3. The highest BCUT2D eigenvalue weighted by Gasteiger charge is 2.51. The number of aromatic nitrogens is 2. The van der Waals surface area contributed by atoms with E-state index in [1.165, 1.54) is 12.1 Å². The second kappa shape index (κ2) is 7.64. The third-order valence-corrected chi connectivity index (χ3v) is 4.68. The number of carbonyl (C=O) groups is 2. The van der Waals surface area contributed by atoms with Crippen LogP contribution >= 0.6 is 0 Å². The van der Waals surface area contributed by atoms with Crippen molar-refractivity contribution in [2.75, 3.05) is 11.9 Å². The fourth-order valence-electron chi connectivity index (χ4n) is 3.15. The Morgan fingerprint density at radius 2 is 1.90 bits per heavy atom. The van der Waals surface area contributed by atoms with Gasteiger partial charge in [0.2, 0.25) is 5.91 Å². The number of alkyl halides is 3. The van der Waals surface area contributed by atoms with E-state index in [-0.39, 0.29) is 11.5 Å². The number of likely N-dealkylation sites (tertiary alicyclic amines) is 1. The van der Waals surface area contributed by atoms with Crippen LogP contribution in [0.3, 0.4) is 0 Å². The molecule has 2 heterocycles. The number of anilines is 1. The Labute approximate surface area is 162 Å². The molecule has 0 spiro atoms. The highest BCUT2D eigenvalue weighted by molar-refractivity contribution is 5.97. The van der Waals surface area contributed by atoms with Crippen LogP contribution in [0.4, 0.5) is 28.0 Å². The van der Waals surface area contributed by atoms with Crippen LogP contribution in [0.25, 0.3) is 11.4 Å². The van der Waals surface area contributed by atoms with Gasteiger partial charge in [-0.15, -0.1) is 0 Å². The molecule has 1 saturated heterocycles. The molecule has 2 N–H and O–H groups in total. The molecule has 0 saturated carbocycles. The van der Waals surface area contributed by atoms with E-state index in [1.807, 2.05) is 0 Å². The van der Waals surface area contributed by atoms with Gasteiger partial charge in [0.1, 0.15) is 6.04 Å². The number of rotatable bonds is 3. The smallest absolute Gasteiger partial charge is 0.407 e. The molecule has 3 rings (SSSR count). The molecule has 2 atom stereocenters. The van der Waals surface area contributed by atoms with Gasteiger partial charge in [0, 0.05) is 17.8 Å². The first kappa shape index (κ1) is 20.5. The van der Waals surface area contributed by atoms with E-state index < -0.39 is 48.9 Å². The standard InChI is InChI=1S/C18H16F4N4O3/c1-9-2-3-12(5-13(9)15-23-6-11(19)7-24-15)25-16(27)14-4-10(18(20,21)22)8-26(14)17(28)29/h2-3,5-7,10,14H,4,8H2,1H3,(H,25,27)(H,28,29). The Morgan fingerprint density at radius 1 is 1.24 bits per heavy atom. The normalized spacial score (nSPS) is 19.3. The summed E-state index contributed by atoms with van der Waals surface area (Å²) in [4.78, 5) is 32.0. The number of amides is 2. The van der Waals surface area contributed by atoms with E-state index >= 15 is 0 Å². The molecule has 2 amide bonds. The van der Waals surface area contributed by atoms with Gasteiger partial charge in [0.15, 0.2) is 11.6 Å². The highest BCUT2D eigenvalue weighted by Crippen LogP contribution is 2.37. The van der Waals surface area contributed by atoms with Gasteiger partial charge in [-0.3, -0.25) is 9.69 Å². The number of halogens is 4. The monoisotopic (exact) mass is 412 g/mol. The summed E-state index contributed by atoms with van der Waals surface area (Å²) in [5, 5.41) is 11.6. The summed E-state index contributed by atoms with van der Waals surface area (Å²) in [7, 11) is 0. The van der Waals surface area contributed by atoms with Gasteiger partial charge in [0.05, 0.1) is 18.3 Å². The SMILES string of the molecule is Cc1ccc(NC(=O)C2CC(C(F)(F)F)CN2C(=O)O)cc1-c1ncc(F)cn1. The molecule has 154 valence electrons. The summed E-state index contributed by atoms with van der Waals surface area (Å²) in [6.07, 6.45) is -4.89. The summed E-state index contributed by atoms with van der Waals surface area (Å²) < 4.78 is 52.0. The lowest BCUT2D eigenvalue weighted by Gasteiger charge is -2.20. The van der Waals surface area contributed by atoms with Crippen LogP contribution in [-0.2, 0) is 4.79 Å². The second-order valence-corrected chi connectivity index (χ2v) is 6.67. The van der Waals surface area contributed by atoms with E-state index in [1.54, 1.807) is 13.0 Å². The van der Waals surface area contributed by atoms with Gasteiger partial charge in [-0.25, -0.2) is 19.2 Å². The lowest BCUT2D eigenvalue weighted by atomic mass is 10.0. The minimum absolute atomic E-state index is 0.199. The lowest BCUT2D eigenvalue weighted by Crippen LogP contribution is -2.42. The molecule has 1 aromatic carbocycles. The number of benzene rings is 1. The molecule has 0 aliphatic carbocycles. The Balaban J connectivity index is 1.82. The summed E-state index contributed by atoms with van der Waals surface area (Å²) in [5.74, 6) is -3.19. The summed E-state index contributed by atoms with van der Waals surface area (Å²) in [6, 6.07) is 3.16. The van der Waals surface area contributed by atoms with Crippen LogP contribution in [-0.4, -0.2) is 50.7 Å². The molecule has 11 heteroatoms. The van der Waals surface area contributed by atoms with Gasteiger partial charge in [0.25, 0.3) is 0 Å². The van der Waals surface area contributed by atoms with Crippen molar-refractivity contribution in [2.24, 2.45) is 5.92 Å². The fraction of sp³-hybridized carbons (Fsp3) is 0.333. The molecule has 7 nitrogen and oxygen atoms in total. The molecule has 2 aromatic rings. The van der Waals surface area contributed by atoms with Crippen LogP contribution in [0, 0.1) is 18.7 Å². The quantitative estimate of drug-likeness (QED) is 0.753. The molecular formula is C18H16F4N4O3. The number of nitrogens with zero attached hydrogens (tertiary/aromatic N) is 3. The number of hydrogen-bond acceptors (Lipinski definition) is 4. The Kier molecular flexibility index (Phi) is 5.40. The maximum atomic E-state index is 13.0. The van der Waals surface area contributed by atoms with Gasteiger partial charge < -0.3 is 10.4 Å². The van der Waals surface area contributed by atoms with E-state index in [9.17, 15) is 27.2 Å². The number of aryl methyl sites for hydroxylation is 1. The zero-order valence-electron chi connectivity index (χ0n) is 15.1. The average molecular weight is 412 g/mol. The Hall–Kier alpha value is -3.24. The summed E-state index contributed by atoms with van der Waals surface area (Å²) in [5.41, 5.74) is 1.43. The predicted molar refractivity (Wildman–Crippen MR) is 93.5 cm³/mol. The van der Waals surface area contributed by atoms with E-state index in [0.29, 0.717) is 10.5 Å². The Morgan fingerprint density at radius 3 is 2.48 bits per heavy atom. The molecule has 1 fully saturated rings. The molecule has 0 radical (unpaired) electrons. The molecule has 1 aliphatic heterocycles. The predicted octanol–water partition coefficient (Wildman–Crippen LogP) is 3.46. The van der Waals surface area contributed by atoms with Crippen molar-refractivity contribution in [1.29, 1.82) is 0 Å². The third kappa shape index (κ3) is 4.44. The van der Waals surface area contributed by atoms with Crippen molar-refractivity contribution < 1.29 is 32.3 Å². The highest BCUT2D eigenvalue weighted by atomic mass is 19.4. The summed E-state index contributed by atoms with van der Waals surface area (Å²) >= 11 is 0. The first-order valence-electron chi connectivity index (χ1n) is 8.52. The Bertz CT molecular complexity index is 934. The van der Waals surface area contributed by atoms with Crippen LogP contribution in [0.15, 0.2) is 30.6 Å². The van der Waals surface area contributed by atoms with Crippen LogP contribution < -0.4 is 5.32 Å². The number of hydrogen-bond donors (Lipinski definition) is 2. The van der Waals surface area contributed by atoms with Crippen molar-refractivity contribution in [3.05, 3.63) is 42.0 Å². The van der Waals surface area contributed by atoms with Crippen LogP contribution in [0.5, 0.6) is 0 Å². The zero-order valence-corrected chi connectivity index (χ0v) is 15.1. The van der Waals surface area contributed by atoms with Crippen molar-refractivity contribution in [2.45, 2.75) is 25.6 Å². The van der Waals surface area contributed by atoms with Crippen molar-refractivity contribution >= 4 is 17.7 Å². The first-order valence-corrected chi connectivity index (χ1v) is 8.52. The summed E-state index contributed by atoms with van der Waals surface area (Å²) in [6.45, 7) is 0.949. The average Bonchev–Trinajstić information content (AvgIpc) is 3.10. The number of carbonyl (C=O) groups excluding carboxylic acids is 1. The minimum atomic E-state index is -4.60. The maximum absolute atomic E-state index is 13.0. The largest absolute Gasteiger partial charge is 0.465 e. The topological polar surface area (TPSA) is 95.4 Å². The van der Waals surface area contributed by atoms with Crippen LogP contribution in [0.1, 0.15) is 12.0 Å². The molecule has 0 bridgehead atoms. The molecule has 1 aliphatic rings. The van der Waals surface area contributed by atoms with E-state index in [0.717, 1.165) is 18.0 Å². The fourth-order valence-corrected chi connectivity index (χ4v) is 3.15. The number of carboxylic acid groups (broad SMARTS) is 1. The minimum Gasteiger partial charge on any atom is -0.465 e. The third-order valence-electron chi connectivity index (χ3n) is 4.68. The maximum Gasteiger partial charge on any atom is 0.407 e. The molecule has 29 heavy (non-hydrogen) atoms. The van der Waals surface area contributed by atoms with Crippen molar-refractivity contribution in [3.63, 3.8) is 0 Å². The van der Waals surface area contributed by atoms with Crippen molar-refractivity contribution in [1.82, 2.24) is 14.9 Å². The van der Waals surface area contributed by atoms with Gasteiger partial charge in [-0.2, -0.15) is 13.2 Å². The van der Waals surface area contributed by atoms with Gasteiger partial charge >= 0.3 is 12.3 Å². The molecule has 2 unspecified atom stereocenters. The molecule has 1 aromatic heterocycles. The van der Waals surface area contributed by atoms with Gasteiger partial charge in [-0.05, 0) is 31.0 Å². The van der Waals surface area contributed by atoms with Crippen molar-refractivity contribution in [3.8, 4) is 11.4 Å². The second-order valence-electron chi connectivity index (χ2n) is 6.67. The molecular weight excluding hydrogens is 396 g/mol. The van der Waals surface area contributed by atoms with E-state index in [2.05, 4.69) is 15.3 Å². The number of nitrogens with one attached hydrogen (secondary N) is 1. The van der Waals surface area contributed by atoms with Gasteiger partial charge in [-0.1, -0.05) is 6.07 Å². The van der Waals surface area contributed by atoms with Crippen LogP contribution in [0.2, 0.25) is 0 Å². The first-order chi connectivity index (χ1) is 13.6.